The fourth-order valence-electron chi connectivity index (χ4n) is 3.07. The van der Waals surface area contributed by atoms with Crippen molar-refractivity contribution in [1.29, 1.82) is 0 Å². The zero-order valence-electron chi connectivity index (χ0n) is 14.5. The second kappa shape index (κ2) is 7.30. The zero-order chi connectivity index (χ0) is 17.9. The summed E-state index contributed by atoms with van der Waals surface area (Å²) >= 11 is 3.50. The molecule has 4 aromatic rings. The van der Waals surface area contributed by atoms with Gasteiger partial charge in [-0.25, -0.2) is 9.97 Å². The van der Waals surface area contributed by atoms with Crippen LogP contribution in [-0.2, 0) is 0 Å². The van der Waals surface area contributed by atoms with Gasteiger partial charge in [-0.05, 0) is 36.2 Å². The Morgan fingerprint density at radius 1 is 1.00 bits per heavy atom. The third kappa shape index (κ3) is 3.10. The van der Waals surface area contributed by atoms with Gasteiger partial charge in [0.15, 0.2) is 5.65 Å². The van der Waals surface area contributed by atoms with Crippen molar-refractivity contribution in [1.82, 2.24) is 14.5 Å². The molecule has 4 nitrogen and oxygen atoms in total. The number of benzene rings is 2. The molecule has 130 valence electrons. The van der Waals surface area contributed by atoms with Gasteiger partial charge >= 0.3 is 0 Å². The van der Waals surface area contributed by atoms with E-state index in [9.17, 15) is 0 Å². The van der Waals surface area contributed by atoms with E-state index in [1.165, 1.54) is 0 Å². The molecule has 5 heteroatoms. The normalized spacial score (nSPS) is 11.0. The molecule has 0 saturated heterocycles. The number of halogens is 1. The number of fused-ring (bicyclic) bond motifs is 1. The number of aromatic nitrogens is 3. The molecule has 1 N–H and O–H groups in total. The lowest BCUT2D eigenvalue weighted by Gasteiger charge is -2.08. The number of hydrogen-bond donors (Lipinski definition) is 1. The van der Waals surface area contributed by atoms with Crippen molar-refractivity contribution in [2.24, 2.45) is 0 Å². The molecular weight excluding hydrogens is 388 g/mol. The van der Waals surface area contributed by atoms with E-state index in [1.54, 1.807) is 6.33 Å². The first-order chi connectivity index (χ1) is 12.8. The highest BCUT2D eigenvalue weighted by molar-refractivity contribution is 9.10. The number of rotatable bonds is 5. The fraction of sp³-hybridized carbons (Fsp3) is 0.143. The van der Waals surface area contributed by atoms with Crippen LogP contribution < -0.4 is 5.32 Å². The Balaban J connectivity index is 1.98. The monoisotopic (exact) mass is 406 g/mol. The average molecular weight is 407 g/mol. The summed E-state index contributed by atoms with van der Waals surface area (Å²) in [4.78, 5) is 9.10. The molecular formula is C21H19BrN4. The molecule has 2 heterocycles. The highest BCUT2D eigenvalue weighted by Crippen LogP contribution is 2.35. The Labute approximate surface area is 161 Å². The van der Waals surface area contributed by atoms with Crippen molar-refractivity contribution in [3.8, 4) is 16.8 Å². The summed E-state index contributed by atoms with van der Waals surface area (Å²) in [6, 6.07) is 18.6. The number of hydrogen-bond acceptors (Lipinski definition) is 3. The van der Waals surface area contributed by atoms with Gasteiger partial charge in [0.1, 0.15) is 12.1 Å². The van der Waals surface area contributed by atoms with E-state index < -0.39 is 0 Å². The van der Waals surface area contributed by atoms with Gasteiger partial charge in [-0.1, -0.05) is 53.2 Å². The summed E-state index contributed by atoms with van der Waals surface area (Å²) in [6.07, 6.45) is 4.82. The van der Waals surface area contributed by atoms with E-state index in [-0.39, 0.29) is 0 Å². The molecule has 0 aliphatic carbocycles. The lowest BCUT2D eigenvalue weighted by molar-refractivity contribution is 0.968. The maximum absolute atomic E-state index is 4.59. The minimum atomic E-state index is 0.879. The van der Waals surface area contributed by atoms with E-state index in [0.717, 1.165) is 51.1 Å². The van der Waals surface area contributed by atoms with Crippen LogP contribution in [0.15, 0.2) is 71.6 Å². The minimum absolute atomic E-state index is 0.879. The maximum Gasteiger partial charge on any atom is 0.150 e. The molecule has 0 aliphatic heterocycles. The molecule has 26 heavy (non-hydrogen) atoms. The summed E-state index contributed by atoms with van der Waals surface area (Å²) in [6.45, 7) is 3.03. The van der Waals surface area contributed by atoms with E-state index >= 15 is 0 Å². The molecule has 0 saturated carbocycles. The van der Waals surface area contributed by atoms with E-state index in [0.29, 0.717) is 0 Å². The van der Waals surface area contributed by atoms with Crippen molar-refractivity contribution < 1.29 is 0 Å². The topological polar surface area (TPSA) is 42.7 Å². The third-order valence-corrected chi connectivity index (χ3v) is 4.84. The van der Waals surface area contributed by atoms with Gasteiger partial charge in [-0.2, -0.15) is 0 Å². The Morgan fingerprint density at radius 3 is 2.50 bits per heavy atom. The van der Waals surface area contributed by atoms with Crippen LogP contribution in [0.2, 0.25) is 0 Å². The molecule has 0 unspecified atom stereocenters. The van der Waals surface area contributed by atoms with Crippen molar-refractivity contribution in [2.45, 2.75) is 13.3 Å². The molecule has 0 spiro atoms. The highest BCUT2D eigenvalue weighted by atomic mass is 79.9. The van der Waals surface area contributed by atoms with Crippen molar-refractivity contribution in [2.75, 3.05) is 11.9 Å². The summed E-state index contributed by atoms with van der Waals surface area (Å²) < 4.78 is 3.18. The van der Waals surface area contributed by atoms with Crippen LogP contribution in [0.25, 0.3) is 27.8 Å². The maximum atomic E-state index is 4.59. The third-order valence-electron chi connectivity index (χ3n) is 4.32. The van der Waals surface area contributed by atoms with Crippen LogP contribution in [0.3, 0.4) is 0 Å². The molecule has 2 aromatic heterocycles. The zero-order valence-corrected chi connectivity index (χ0v) is 16.1. The van der Waals surface area contributed by atoms with E-state index in [2.05, 4.69) is 85.3 Å². The lowest BCUT2D eigenvalue weighted by atomic mass is 10.1. The molecule has 0 radical (unpaired) electrons. The lowest BCUT2D eigenvalue weighted by Crippen LogP contribution is -2.03. The summed E-state index contributed by atoms with van der Waals surface area (Å²) in [5, 5.41) is 4.50. The van der Waals surface area contributed by atoms with Crippen LogP contribution in [-0.4, -0.2) is 21.1 Å². The number of nitrogens with one attached hydrogen (secondary N) is 1. The predicted octanol–water partition coefficient (Wildman–Crippen LogP) is 5.67. The Hall–Kier alpha value is -2.66. The second-order valence-corrected chi connectivity index (χ2v) is 7.02. The van der Waals surface area contributed by atoms with E-state index in [4.69, 9.17) is 0 Å². The van der Waals surface area contributed by atoms with Crippen LogP contribution in [0, 0.1) is 0 Å². The van der Waals surface area contributed by atoms with Gasteiger partial charge in [-0.15, -0.1) is 0 Å². The average Bonchev–Trinajstić information content (AvgIpc) is 3.08. The summed E-state index contributed by atoms with van der Waals surface area (Å²) in [5.41, 5.74) is 4.26. The quantitative estimate of drug-likeness (QED) is 0.464. The van der Waals surface area contributed by atoms with Gasteiger partial charge in [0.05, 0.1) is 5.39 Å². The van der Waals surface area contributed by atoms with E-state index in [1.807, 2.05) is 18.2 Å². The number of anilines is 1. The second-order valence-electron chi connectivity index (χ2n) is 6.10. The van der Waals surface area contributed by atoms with Gasteiger partial charge in [0.25, 0.3) is 0 Å². The molecule has 2 aromatic carbocycles. The first kappa shape index (κ1) is 16.8. The SMILES string of the molecule is CCCNc1ncnc2c1c(-c1ccccc1)cn2-c1ccc(Br)cc1. The molecule has 0 fully saturated rings. The molecule has 0 atom stereocenters. The van der Waals surface area contributed by atoms with Gasteiger partial charge < -0.3 is 9.88 Å². The van der Waals surface area contributed by atoms with Crippen LogP contribution in [0.5, 0.6) is 0 Å². The highest BCUT2D eigenvalue weighted by Gasteiger charge is 2.17. The standard InChI is InChI=1S/C21H19BrN4/c1-2-12-23-20-19-18(15-6-4-3-5-7-15)13-26(21(19)25-14-24-20)17-10-8-16(22)9-11-17/h3-11,13-14H,2,12H2,1H3,(H,23,24,25). The first-order valence-electron chi connectivity index (χ1n) is 8.69. The smallest absolute Gasteiger partial charge is 0.150 e. The number of nitrogens with zero attached hydrogens (tertiary/aromatic N) is 3. The van der Waals surface area contributed by atoms with Crippen LogP contribution in [0.4, 0.5) is 5.82 Å². The van der Waals surface area contributed by atoms with Gasteiger partial charge in [-0.3, -0.25) is 0 Å². The van der Waals surface area contributed by atoms with Gasteiger partial charge in [0, 0.05) is 28.5 Å². The predicted molar refractivity (Wildman–Crippen MR) is 111 cm³/mol. The van der Waals surface area contributed by atoms with Crippen LogP contribution in [0.1, 0.15) is 13.3 Å². The van der Waals surface area contributed by atoms with Gasteiger partial charge in [0.2, 0.25) is 0 Å². The van der Waals surface area contributed by atoms with Crippen molar-refractivity contribution in [3.63, 3.8) is 0 Å². The van der Waals surface area contributed by atoms with Crippen molar-refractivity contribution in [3.05, 3.63) is 71.6 Å². The molecule has 0 bridgehead atoms. The minimum Gasteiger partial charge on any atom is -0.369 e. The largest absolute Gasteiger partial charge is 0.369 e. The van der Waals surface area contributed by atoms with Crippen molar-refractivity contribution >= 4 is 32.8 Å². The first-order valence-corrected chi connectivity index (χ1v) is 9.48. The Bertz CT molecular complexity index is 1020. The molecule has 0 amide bonds. The summed E-state index contributed by atoms with van der Waals surface area (Å²) in [7, 11) is 0. The Morgan fingerprint density at radius 2 is 1.77 bits per heavy atom. The summed E-state index contributed by atoms with van der Waals surface area (Å²) in [5.74, 6) is 0.881. The molecule has 0 aliphatic rings. The fourth-order valence-corrected chi connectivity index (χ4v) is 3.34. The molecule has 4 rings (SSSR count). The van der Waals surface area contributed by atoms with Crippen LogP contribution >= 0.6 is 15.9 Å². The Kier molecular flexibility index (Phi) is 4.71.